The molecule has 0 bridgehead atoms. The van der Waals surface area contributed by atoms with Gasteiger partial charge in [0.2, 0.25) is 10.0 Å². The van der Waals surface area contributed by atoms with Crippen LogP contribution in [0, 0.1) is 0 Å². The molecule has 126 valence electrons. The Hall–Kier alpha value is -2.18. The maximum atomic E-state index is 12.2. The highest BCUT2D eigenvalue weighted by molar-refractivity contribution is 7.92. The van der Waals surface area contributed by atoms with Gasteiger partial charge < -0.3 is 4.90 Å². The van der Waals surface area contributed by atoms with Crippen molar-refractivity contribution in [3.05, 3.63) is 65.7 Å². The van der Waals surface area contributed by atoms with Crippen molar-refractivity contribution in [3.63, 3.8) is 0 Å². The van der Waals surface area contributed by atoms with Gasteiger partial charge >= 0.3 is 0 Å². The van der Waals surface area contributed by atoms with Crippen LogP contribution in [0.4, 0.5) is 5.82 Å². The number of sulfonamides is 1. The van der Waals surface area contributed by atoms with E-state index in [1.165, 1.54) is 5.41 Å². The second-order valence-corrected chi connectivity index (χ2v) is 7.42. The molecule has 2 heterocycles. The van der Waals surface area contributed by atoms with Crippen molar-refractivity contribution in [2.45, 2.75) is 18.9 Å². The Bertz CT molecular complexity index is 768. The Labute approximate surface area is 143 Å². The van der Waals surface area contributed by atoms with E-state index in [0.29, 0.717) is 0 Å². The Morgan fingerprint density at radius 3 is 2.42 bits per heavy atom. The molecule has 0 radical (unpaired) electrons. The molecular formula is C18H21N3O2S. The van der Waals surface area contributed by atoms with Gasteiger partial charge in [0.05, 0.1) is 0 Å². The quantitative estimate of drug-likeness (QED) is 0.906. The van der Waals surface area contributed by atoms with Crippen LogP contribution in [-0.4, -0.2) is 32.5 Å². The lowest BCUT2D eigenvalue weighted by Crippen LogP contribution is -2.44. The van der Waals surface area contributed by atoms with E-state index in [2.05, 4.69) is 14.6 Å². The minimum Gasteiger partial charge on any atom is -0.357 e. The maximum Gasteiger partial charge on any atom is 0.233 e. The summed E-state index contributed by atoms with van der Waals surface area (Å²) in [5.74, 6) is 0.947. The topological polar surface area (TPSA) is 62.3 Å². The molecule has 3 rings (SSSR count). The van der Waals surface area contributed by atoms with E-state index in [9.17, 15) is 8.42 Å². The molecule has 0 spiro atoms. The molecule has 0 aliphatic carbocycles. The smallest absolute Gasteiger partial charge is 0.233 e. The summed E-state index contributed by atoms with van der Waals surface area (Å²) in [5.41, 5.74) is 0.868. The summed E-state index contributed by atoms with van der Waals surface area (Å²) < 4.78 is 27.2. The van der Waals surface area contributed by atoms with Gasteiger partial charge in [-0.1, -0.05) is 36.4 Å². The van der Waals surface area contributed by atoms with Crippen molar-refractivity contribution in [1.29, 1.82) is 0 Å². The van der Waals surface area contributed by atoms with E-state index in [-0.39, 0.29) is 6.04 Å². The second-order valence-electron chi connectivity index (χ2n) is 5.83. The van der Waals surface area contributed by atoms with Crippen molar-refractivity contribution >= 4 is 21.9 Å². The monoisotopic (exact) mass is 343 g/mol. The van der Waals surface area contributed by atoms with E-state index in [0.717, 1.165) is 37.3 Å². The molecule has 0 unspecified atom stereocenters. The van der Waals surface area contributed by atoms with Crippen LogP contribution in [0.15, 0.2) is 60.1 Å². The zero-order valence-electron chi connectivity index (χ0n) is 13.4. The minimum atomic E-state index is -3.43. The summed E-state index contributed by atoms with van der Waals surface area (Å²) in [6.07, 6.45) is 4.94. The van der Waals surface area contributed by atoms with Gasteiger partial charge in [-0.2, -0.15) is 0 Å². The number of nitrogens with one attached hydrogen (secondary N) is 1. The predicted molar refractivity (Wildman–Crippen MR) is 97.0 cm³/mol. The number of hydrogen-bond donors (Lipinski definition) is 1. The summed E-state index contributed by atoms with van der Waals surface area (Å²) in [4.78, 5) is 6.53. The van der Waals surface area contributed by atoms with Crippen LogP contribution in [0.1, 0.15) is 18.4 Å². The number of piperidine rings is 1. The van der Waals surface area contributed by atoms with Crippen LogP contribution in [0.25, 0.3) is 6.08 Å². The number of pyridine rings is 1. The van der Waals surface area contributed by atoms with Crippen molar-refractivity contribution in [2.24, 2.45) is 0 Å². The first-order chi connectivity index (χ1) is 11.6. The molecule has 2 aromatic rings. The summed E-state index contributed by atoms with van der Waals surface area (Å²) in [7, 11) is -3.43. The second kappa shape index (κ2) is 7.59. The normalized spacial score (nSPS) is 16.6. The summed E-state index contributed by atoms with van der Waals surface area (Å²) in [6, 6.07) is 15.2. The molecular weight excluding hydrogens is 322 g/mol. The van der Waals surface area contributed by atoms with E-state index in [1.54, 1.807) is 12.3 Å². The largest absolute Gasteiger partial charge is 0.357 e. The zero-order chi connectivity index (χ0) is 16.8. The molecule has 0 amide bonds. The van der Waals surface area contributed by atoms with Crippen LogP contribution in [0.3, 0.4) is 0 Å². The van der Waals surface area contributed by atoms with Gasteiger partial charge in [-0.25, -0.2) is 18.1 Å². The fraction of sp³-hybridized carbons (Fsp3) is 0.278. The molecule has 0 atom stereocenters. The number of nitrogens with zero attached hydrogens (tertiary/aromatic N) is 2. The molecule has 5 nitrogen and oxygen atoms in total. The van der Waals surface area contributed by atoms with E-state index in [4.69, 9.17) is 0 Å². The van der Waals surface area contributed by atoms with Gasteiger partial charge in [0.1, 0.15) is 5.82 Å². The molecule has 6 heteroatoms. The van der Waals surface area contributed by atoms with Gasteiger partial charge in [-0.3, -0.25) is 0 Å². The standard InChI is InChI=1S/C18H21N3O2S/c22-24(23,15-11-16-6-2-1-3-7-16)20-17-9-13-21(14-10-17)18-8-4-5-12-19-18/h1-8,11-12,15,17,20H,9-10,13-14H2. The third-order valence-electron chi connectivity index (χ3n) is 4.04. The van der Waals surface area contributed by atoms with Crippen molar-refractivity contribution in [2.75, 3.05) is 18.0 Å². The third kappa shape index (κ3) is 4.66. The molecule has 1 N–H and O–H groups in total. The predicted octanol–water partition coefficient (Wildman–Crippen LogP) is 2.64. The molecule has 1 aliphatic heterocycles. The third-order valence-corrected chi connectivity index (χ3v) is 5.19. The van der Waals surface area contributed by atoms with E-state index in [1.807, 2.05) is 48.5 Å². The Kier molecular flexibility index (Phi) is 5.27. The molecule has 1 aromatic heterocycles. The lowest BCUT2D eigenvalue weighted by atomic mass is 10.1. The molecule has 1 fully saturated rings. The number of anilines is 1. The summed E-state index contributed by atoms with van der Waals surface area (Å²) >= 11 is 0. The number of hydrogen-bond acceptors (Lipinski definition) is 4. The van der Waals surface area contributed by atoms with E-state index >= 15 is 0 Å². The van der Waals surface area contributed by atoms with Crippen molar-refractivity contribution < 1.29 is 8.42 Å². The first kappa shape index (κ1) is 16.7. The van der Waals surface area contributed by atoms with Crippen LogP contribution in [0.5, 0.6) is 0 Å². The highest BCUT2D eigenvalue weighted by Crippen LogP contribution is 2.18. The Balaban J connectivity index is 1.54. The van der Waals surface area contributed by atoms with Gasteiger partial charge in [-0.05, 0) is 36.6 Å². The van der Waals surface area contributed by atoms with Crippen LogP contribution in [0.2, 0.25) is 0 Å². The van der Waals surface area contributed by atoms with Gasteiger partial charge in [0.15, 0.2) is 0 Å². The van der Waals surface area contributed by atoms with E-state index < -0.39 is 10.0 Å². The molecule has 1 aliphatic rings. The summed E-state index contributed by atoms with van der Waals surface area (Å²) in [6.45, 7) is 1.60. The van der Waals surface area contributed by atoms with Crippen molar-refractivity contribution in [3.8, 4) is 0 Å². The molecule has 24 heavy (non-hydrogen) atoms. The van der Waals surface area contributed by atoms with Gasteiger partial charge in [0.25, 0.3) is 0 Å². The first-order valence-corrected chi connectivity index (χ1v) is 9.58. The van der Waals surface area contributed by atoms with Crippen molar-refractivity contribution in [1.82, 2.24) is 9.71 Å². The minimum absolute atomic E-state index is 0.0321. The lowest BCUT2D eigenvalue weighted by Gasteiger charge is -2.32. The highest BCUT2D eigenvalue weighted by Gasteiger charge is 2.22. The highest BCUT2D eigenvalue weighted by atomic mass is 32.2. The molecule has 0 saturated carbocycles. The van der Waals surface area contributed by atoms with Crippen LogP contribution in [-0.2, 0) is 10.0 Å². The fourth-order valence-electron chi connectivity index (χ4n) is 2.77. The van der Waals surface area contributed by atoms with Gasteiger partial charge in [-0.15, -0.1) is 0 Å². The average Bonchev–Trinajstić information content (AvgIpc) is 2.62. The zero-order valence-corrected chi connectivity index (χ0v) is 14.2. The Morgan fingerprint density at radius 2 is 1.75 bits per heavy atom. The van der Waals surface area contributed by atoms with Crippen LogP contribution >= 0.6 is 0 Å². The Morgan fingerprint density at radius 1 is 1.04 bits per heavy atom. The van der Waals surface area contributed by atoms with Gasteiger partial charge in [0, 0.05) is 30.7 Å². The molecule has 1 saturated heterocycles. The number of aromatic nitrogens is 1. The maximum absolute atomic E-state index is 12.2. The van der Waals surface area contributed by atoms with Crippen LogP contribution < -0.4 is 9.62 Å². The lowest BCUT2D eigenvalue weighted by molar-refractivity contribution is 0.461. The first-order valence-electron chi connectivity index (χ1n) is 8.04. The summed E-state index contributed by atoms with van der Waals surface area (Å²) in [5, 5.41) is 1.24. The average molecular weight is 343 g/mol. The number of benzene rings is 1. The molecule has 1 aromatic carbocycles. The fourth-order valence-corrected chi connectivity index (χ4v) is 3.89. The SMILES string of the molecule is O=S(=O)(C=Cc1ccccc1)NC1CCN(c2ccccn2)CC1. The number of rotatable bonds is 5.